The lowest BCUT2D eigenvalue weighted by Crippen LogP contribution is -2.46. The molecule has 0 spiro atoms. The van der Waals surface area contributed by atoms with Gasteiger partial charge in [-0.25, -0.2) is 0 Å². The Kier molecular flexibility index (Phi) is 6.05. The van der Waals surface area contributed by atoms with E-state index in [1.807, 2.05) is 18.2 Å². The van der Waals surface area contributed by atoms with Gasteiger partial charge < -0.3 is 15.1 Å². The third-order valence-electron chi connectivity index (χ3n) is 4.10. The van der Waals surface area contributed by atoms with Crippen LogP contribution in [0.1, 0.15) is 33.1 Å². The normalized spacial score (nSPS) is 16.0. The number of unbranched alkanes of at least 4 members (excludes halogenated alkanes) is 1. The van der Waals surface area contributed by atoms with E-state index in [9.17, 15) is 4.79 Å². The van der Waals surface area contributed by atoms with Crippen molar-refractivity contribution >= 4 is 17.3 Å². The van der Waals surface area contributed by atoms with Gasteiger partial charge in [0.2, 0.25) is 5.91 Å². The highest BCUT2D eigenvalue weighted by atomic mass is 16.1. The summed E-state index contributed by atoms with van der Waals surface area (Å²) in [5.74, 6) is 0.122. The van der Waals surface area contributed by atoms with Crippen LogP contribution >= 0.6 is 0 Å². The fraction of sp³-hybridized carbons (Fsp3) is 0.588. The molecule has 1 fully saturated rings. The van der Waals surface area contributed by atoms with Crippen molar-refractivity contribution in [2.45, 2.75) is 33.1 Å². The fourth-order valence-electron chi connectivity index (χ4n) is 2.71. The quantitative estimate of drug-likeness (QED) is 0.874. The van der Waals surface area contributed by atoms with Crippen molar-refractivity contribution in [1.29, 1.82) is 0 Å². The maximum Gasteiger partial charge on any atom is 0.224 e. The Morgan fingerprint density at radius 3 is 2.52 bits per heavy atom. The molecule has 1 N–H and O–H groups in total. The SMILES string of the molecule is CCCCC(=O)Nc1ccccc1N1CCN(CC)CC1. The van der Waals surface area contributed by atoms with Gasteiger partial charge in [-0.05, 0) is 25.1 Å². The van der Waals surface area contributed by atoms with Crippen molar-refractivity contribution in [2.75, 3.05) is 42.9 Å². The largest absolute Gasteiger partial charge is 0.367 e. The van der Waals surface area contributed by atoms with Gasteiger partial charge in [-0.2, -0.15) is 0 Å². The third kappa shape index (κ3) is 4.46. The lowest BCUT2D eigenvalue weighted by Gasteiger charge is -2.36. The highest BCUT2D eigenvalue weighted by Crippen LogP contribution is 2.26. The minimum absolute atomic E-state index is 0.122. The molecule has 0 aromatic heterocycles. The molecule has 0 radical (unpaired) electrons. The molecule has 0 aliphatic carbocycles. The van der Waals surface area contributed by atoms with Crippen LogP contribution in [0, 0.1) is 0 Å². The lowest BCUT2D eigenvalue weighted by atomic mass is 10.2. The molecule has 4 nitrogen and oxygen atoms in total. The number of anilines is 2. The van der Waals surface area contributed by atoms with Crippen molar-refractivity contribution in [3.05, 3.63) is 24.3 Å². The monoisotopic (exact) mass is 289 g/mol. The summed E-state index contributed by atoms with van der Waals surface area (Å²) < 4.78 is 0. The molecule has 0 saturated carbocycles. The van der Waals surface area contributed by atoms with E-state index in [1.54, 1.807) is 0 Å². The molecular weight excluding hydrogens is 262 g/mol. The first-order valence-corrected chi connectivity index (χ1v) is 8.10. The van der Waals surface area contributed by atoms with Crippen LogP contribution in [0.5, 0.6) is 0 Å². The van der Waals surface area contributed by atoms with E-state index in [1.165, 1.54) is 0 Å². The predicted molar refractivity (Wildman–Crippen MR) is 88.9 cm³/mol. The first-order chi connectivity index (χ1) is 10.2. The number of para-hydroxylation sites is 2. The van der Waals surface area contributed by atoms with Gasteiger partial charge in [-0.1, -0.05) is 32.4 Å². The second kappa shape index (κ2) is 8.03. The lowest BCUT2D eigenvalue weighted by molar-refractivity contribution is -0.116. The molecule has 1 aliphatic rings. The van der Waals surface area contributed by atoms with Gasteiger partial charge in [0.1, 0.15) is 0 Å². The van der Waals surface area contributed by atoms with Gasteiger partial charge in [0.05, 0.1) is 11.4 Å². The maximum atomic E-state index is 12.0. The Morgan fingerprint density at radius 2 is 1.86 bits per heavy atom. The Labute approximate surface area is 128 Å². The predicted octanol–water partition coefficient (Wildman–Crippen LogP) is 2.96. The summed E-state index contributed by atoms with van der Waals surface area (Å²) in [7, 11) is 0. The third-order valence-corrected chi connectivity index (χ3v) is 4.10. The molecule has 1 saturated heterocycles. The minimum atomic E-state index is 0.122. The molecule has 1 aromatic carbocycles. The summed E-state index contributed by atoms with van der Waals surface area (Å²) in [6.45, 7) is 9.66. The Balaban J connectivity index is 2.01. The number of carbonyl (C=O) groups is 1. The topological polar surface area (TPSA) is 35.6 Å². The molecule has 21 heavy (non-hydrogen) atoms. The van der Waals surface area contributed by atoms with Crippen LogP contribution in [0.2, 0.25) is 0 Å². The van der Waals surface area contributed by atoms with Gasteiger partial charge >= 0.3 is 0 Å². The van der Waals surface area contributed by atoms with Crippen molar-refractivity contribution in [2.24, 2.45) is 0 Å². The highest BCUT2D eigenvalue weighted by molar-refractivity contribution is 5.94. The molecule has 0 bridgehead atoms. The van der Waals surface area contributed by atoms with E-state index in [2.05, 4.69) is 35.0 Å². The number of likely N-dealkylation sites (N-methyl/N-ethyl adjacent to an activating group) is 1. The second-order valence-corrected chi connectivity index (χ2v) is 5.59. The summed E-state index contributed by atoms with van der Waals surface area (Å²) in [5, 5.41) is 3.07. The van der Waals surface area contributed by atoms with E-state index in [-0.39, 0.29) is 5.91 Å². The van der Waals surface area contributed by atoms with Crippen LogP contribution in [0.3, 0.4) is 0 Å². The van der Waals surface area contributed by atoms with Crippen LogP contribution in [-0.4, -0.2) is 43.5 Å². The Hall–Kier alpha value is -1.55. The standard InChI is InChI=1S/C17H27N3O/c1-3-5-10-17(21)18-15-8-6-7-9-16(15)20-13-11-19(4-2)12-14-20/h6-9H,3-5,10-14H2,1-2H3,(H,18,21). The second-order valence-electron chi connectivity index (χ2n) is 5.59. The molecule has 1 aromatic rings. The summed E-state index contributed by atoms with van der Waals surface area (Å²) in [4.78, 5) is 16.8. The molecule has 2 rings (SSSR count). The average Bonchev–Trinajstić information content (AvgIpc) is 2.53. The summed E-state index contributed by atoms with van der Waals surface area (Å²) in [5.41, 5.74) is 2.10. The number of nitrogens with one attached hydrogen (secondary N) is 1. The van der Waals surface area contributed by atoms with E-state index in [0.717, 1.165) is 56.9 Å². The van der Waals surface area contributed by atoms with Crippen molar-refractivity contribution < 1.29 is 4.79 Å². The summed E-state index contributed by atoms with van der Waals surface area (Å²) in [6, 6.07) is 8.15. The van der Waals surface area contributed by atoms with Gasteiger partial charge in [-0.15, -0.1) is 0 Å². The number of rotatable bonds is 6. The number of hydrogen-bond donors (Lipinski definition) is 1. The van der Waals surface area contributed by atoms with Crippen molar-refractivity contribution in [3.8, 4) is 0 Å². The molecule has 116 valence electrons. The minimum Gasteiger partial charge on any atom is -0.367 e. The first kappa shape index (κ1) is 15.8. The Bertz CT molecular complexity index is 453. The molecule has 0 unspecified atom stereocenters. The zero-order chi connectivity index (χ0) is 15.1. The van der Waals surface area contributed by atoms with E-state index in [4.69, 9.17) is 0 Å². The fourth-order valence-corrected chi connectivity index (χ4v) is 2.71. The van der Waals surface area contributed by atoms with Crippen molar-refractivity contribution in [1.82, 2.24) is 4.90 Å². The number of amides is 1. The van der Waals surface area contributed by atoms with Crippen LogP contribution in [-0.2, 0) is 4.79 Å². The van der Waals surface area contributed by atoms with E-state index < -0.39 is 0 Å². The molecule has 1 amide bonds. The van der Waals surface area contributed by atoms with Crippen LogP contribution in [0.15, 0.2) is 24.3 Å². The number of hydrogen-bond acceptors (Lipinski definition) is 3. The highest BCUT2D eigenvalue weighted by Gasteiger charge is 2.18. The van der Waals surface area contributed by atoms with Gasteiger partial charge in [0.25, 0.3) is 0 Å². The molecule has 1 aliphatic heterocycles. The number of piperazine rings is 1. The van der Waals surface area contributed by atoms with Gasteiger partial charge in [0, 0.05) is 32.6 Å². The van der Waals surface area contributed by atoms with Crippen LogP contribution < -0.4 is 10.2 Å². The molecule has 0 atom stereocenters. The number of carbonyl (C=O) groups excluding carboxylic acids is 1. The summed E-state index contributed by atoms with van der Waals surface area (Å²) in [6.07, 6.45) is 2.60. The van der Waals surface area contributed by atoms with Gasteiger partial charge in [-0.3, -0.25) is 4.79 Å². The maximum absolute atomic E-state index is 12.0. The van der Waals surface area contributed by atoms with Crippen molar-refractivity contribution in [3.63, 3.8) is 0 Å². The zero-order valence-corrected chi connectivity index (χ0v) is 13.3. The van der Waals surface area contributed by atoms with E-state index in [0.29, 0.717) is 6.42 Å². The molecular formula is C17H27N3O. The molecule has 4 heteroatoms. The Morgan fingerprint density at radius 1 is 1.14 bits per heavy atom. The van der Waals surface area contributed by atoms with Crippen LogP contribution in [0.4, 0.5) is 11.4 Å². The average molecular weight is 289 g/mol. The number of nitrogens with zero attached hydrogens (tertiary/aromatic N) is 2. The smallest absolute Gasteiger partial charge is 0.224 e. The zero-order valence-electron chi connectivity index (χ0n) is 13.3. The van der Waals surface area contributed by atoms with Crippen LogP contribution in [0.25, 0.3) is 0 Å². The summed E-state index contributed by atoms with van der Waals surface area (Å²) >= 11 is 0. The molecule has 1 heterocycles. The van der Waals surface area contributed by atoms with Gasteiger partial charge in [0.15, 0.2) is 0 Å². The first-order valence-electron chi connectivity index (χ1n) is 8.10. The van der Waals surface area contributed by atoms with E-state index >= 15 is 0 Å². The number of benzene rings is 1.